The van der Waals surface area contributed by atoms with Gasteiger partial charge in [0.1, 0.15) is 0 Å². The summed E-state index contributed by atoms with van der Waals surface area (Å²) in [5.74, 6) is 2.26. The van der Waals surface area contributed by atoms with Crippen LogP contribution in [0.5, 0.6) is 0 Å². The Hall–Kier alpha value is 0.270. The Morgan fingerprint density at radius 1 is 1.45 bits per heavy atom. The molecule has 11 heavy (non-hydrogen) atoms. The van der Waals surface area contributed by atoms with Gasteiger partial charge in [-0.3, -0.25) is 0 Å². The fraction of sp³-hybridized carbons (Fsp3) is 1.00. The molecule has 0 aromatic rings. The first-order chi connectivity index (χ1) is 5.27. The summed E-state index contributed by atoms with van der Waals surface area (Å²) in [7, 11) is 0. The van der Waals surface area contributed by atoms with E-state index in [4.69, 9.17) is 10.5 Å². The van der Waals surface area contributed by atoms with Crippen molar-refractivity contribution in [3.8, 4) is 0 Å². The van der Waals surface area contributed by atoms with Crippen LogP contribution in [-0.2, 0) is 4.74 Å². The van der Waals surface area contributed by atoms with Gasteiger partial charge in [-0.1, -0.05) is 0 Å². The fourth-order valence-corrected chi connectivity index (χ4v) is 1.61. The third kappa shape index (κ3) is 10.3. The minimum Gasteiger partial charge on any atom is -0.381 e. The number of rotatable bonds is 7. The van der Waals surface area contributed by atoms with Gasteiger partial charge in [-0.05, 0) is 26.0 Å². The van der Waals surface area contributed by atoms with Crippen LogP contribution in [0.4, 0.5) is 0 Å². The van der Waals surface area contributed by atoms with Crippen LogP contribution in [0.15, 0.2) is 0 Å². The molecule has 1 atom stereocenters. The second-order valence-electron chi connectivity index (χ2n) is 2.58. The molecule has 0 radical (unpaired) electrons. The maximum atomic E-state index is 5.59. The topological polar surface area (TPSA) is 35.2 Å². The molecule has 1 unspecified atom stereocenters. The van der Waals surface area contributed by atoms with E-state index in [9.17, 15) is 0 Å². The van der Waals surface area contributed by atoms with Gasteiger partial charge >= 0.3 is 0 Å². The summed E-state index contributed by atoms with van der Waals surface area (Å²) in [5.41, 5.74) is 5.59. The Morgan fingerprint density at radius 2 is 2.18 bits per heavy atom. The zero-order chi connectivity index (χ0) is 8.53. The molecule has 0 bridgehead atoms. The number of thioether (sulfide) groups is 1. The Morgan fingerprint density at radius 3 is 2.73 bits per heavy atom. The quantitative estimate of drug-likeness (QED) is 0.598. The van der Waals surface area contributed by atoms with Crippen LogP contribution in [-0.4, -0.2) is 30.8 Å². The molecule has 2 nitrogen and oxygen atoms in total. The minimum atomic E-state index is 0.342. The van der Waals surface area contributed by atoms with Gasteiger partial charge in [0.25, 0.3) is 0 Å². The molecule has 0 aliphatic carbocycles. The van der Waals surface area contributed by atoms with E-state index in [0.29, 0.717) is 6.04 Å². The predicted octanol–water partition coefficient (Wildman–Crippen LogP) is 1.49. The monoisotopic (exact) mass is 177 g/mol. The van der Waals surface area contributed by atoms with Crippen molar-refractivity contribution in [1.82, 2.24) is 0 Å². The van der Waals surface area contributed by atoms with Gasteiger partial charge in [-0.2, -0.15) is 11.8 Å². The van der Waals surface area contributed by atoms with E-state index in [-0.39, 0.29) is 0 Å². The Labute approximate surface area is 73.9 Å². The molecule has 0 amide bonds. The summed E-state index contributed by atoms with van der Waals surface area (Å²) in [5, 5.41) is 0. The summed E-state index contributed by atoms with van der Waals surface area (Å²) in [6.45, 7) is 5.77. The molecule has 0 aromatic carbocycles. The summed E-state index contributed by atoms with van der Waals surface area (Å²) in [6, 6.07) is 0.342. The molecule has 0 spiro atoms. The second-order valence-corrected chi connectivity index (χ2v) is 3.80. The van der Waals surface area contributed by atoms with Gasteiger partial charge < -0.3 is 10.5 Å². The molecule has 0 fully saturated rings. The molecule has 0 saturated carbocycles. The van der Waals surface area contributed by atoms with Crippen molar-refractivity contribution in [2.45, 2.75) is 26.3 Å². The lowest BCUT2D eigenvalue weighted by Crippen LogP contribution is -2.15. The maximum Gasteiger partial charge on any atom is 0.0556 e. The lowest BCUT2D eigenvalue weighted by atomic mass is 10.3. The van der Waals surface area contributed by atoms with E-state index in [1.54, 1.807) is 0 Å². The predicted molar refractivity (Wildman–Crippen MR) is 52.1 cm³/mol. The summed E-state index contributed by atoms with van der Waals surface area (Å²) < 4.78 is 5.19. The van der Waals surface area contributed by atoms with Crippen LogP contribution < -0.4 is 5.73 Å². The van der Waals surface area contributed by atoms with Crippen molar-refractivity contribution in [2.75, 3.05) is 24.7 Å². The third-order valence-corrected chi connectivity index (χ3v) is 2.27. The van der Waals surface area contributed by atoms with Crippen molar-refractivity contribution >= 4 is 11.8 Å². The lowest BCUT2D eigenvalue weighted by molar-refractivity contribution is 0.164. The smallest absolute Gasteiger partial charge is 0.0556 e. The third-order valence-electron chi connectivity index (χ3n) is 1.29. The summed E-state index contributed by atoms with van der Waals surface area (Å²) in [6.07, 6.45) is 1.11. The Balaban J connectivity index is 2.80. The molecule has 2 N–H and O–H groups in total. The SMILES string of the molecule is CCOCCSCCC(C)N. The van der Waals surface area contributed by atoms with Gasteiger partial charge in [-0.15, -0.1) is 0 Å². The number of hydrogen-bond acceptors (Lipinski definition) is 3. The molecule has 0 aromatic heterocycles. The van der Waals surface area contributed by atoms with Crippen molar-refractivity contribution in [1.29, 1.82) is 0 Å². The summed E-state index contributed by atoms with van der Waals surface area (Å²) >= 11 is 1.92. The zero-order valence-electron chi connectivity index (χ0n) is 7.51. The first-order valence-corrected chi connectivity index (χ1v) is 5.34. The normalized spacial score (nSPS) is 13.4. The zero-order valence-corrected chi connectivity index (χ0v) is 8.32. The molecule has 0 saturated heterocycles. The average Bonchev–Trinajstić information content (AvgIpc) is 1.96. The van der Waals surface area contributed by atoms with Crippen LogP contribution in [0.1, 0.15) is 20.3 Å². The largest absolute Gasteiger partial charge is 0.381 e. The van der Waals surface area contributed by atoms with Crippen molar-refractivity contribution in [3.05, 3.63) is 0 Å². The standard InChI is InChI=1S/C8H19NOS/c1-3-10-5-7-11-6-4-8(2)9/h8H,3-7,9H2,1-2H3. The number of hydrogen-bond donors (Lipinski definition) is 1. The molecular weight excluding hydrogens is 158 g/mol. The molecule has 68 valence electrons. The van der Waals surface area contributed by atoms with E-state index in [1.165, 1.54) is 0 Å². The highest BCUT2D eigenvalue weighted by Gasteiger charge is 1.93. The minimum absolute atomic E-state index is 0.342. The van der Waals surface area contributed by atoms with Crippen LogP contribution >= 0.6 is 11.8 Å². The van der Waals surface area contributed by atoms with Gasteiger partial charge in [0.2, 0.25) is 0 Å². The molecule has 0 rings (SSSR count). The van der Waals surface area contributed by atoms with Crippen molar-refractivity contribution < 1.29 is 4.74 Å². The second kappa shape index (κ2) is 8.37. The van der Waals surface area contributed by atoms with E-state index in [2.05, 4.69) is 0 Å². The highest BCUT2D eigenvalue weighted by atomic mass is 32.2. The summed E-state index contributed by atoms with van der Waals surface area (Å²) in [4.78, 5) is 0. The molecule has 0 aliphatic rings. The number of ether oxygens (including phenoxy) is 1. The average molecular weight is 177 g/mol. The van der Waals surface area contributed by atoms with Gasteiger partial charge in [-0.25, -0.2) is 0 Å². The van der Waals surface area contributed by atoms with E-state index < -0.39 is 0 Å². The van der Waals surface area contributed by atoms with Crippen molar-refractivity contribution in [2.24, 2.45) is 5.73 Å². The van der Waals surface area contributed by atoms with Crippen LogP contribution in [0.3, 0.4) is 0 Å². The first kappa shape index (κ1) is 11.3. The fourth-order valence-electron chi connectivity index (χ4n) is 0.633. The van der Waals surface area contributed by atoms with Crippen LogP contribution in [0.25, 0.3) is 0 Å². The Kier molecular flexibility index (Phi) is 8.57. The highest BCUT2D eigenvalue weighted by Crippen LogP contribution is 2.03. The van der Waals surface area contributed by atoms with Crippen LogP contribution in [0, 0.1) is 0 Å². The first-order valence-electron chi connectivity index (χ1n) is 4.18. The maximum absolute atomic E-state index is 5.59. The molecule has 3 heteroatoms. The van der Waals surface area contributed by atoms with Gasteiger partial charge in [0, 0.05) is 18.4 Å². The molecular formula is C8H19NOS. The lowest BCUT2D eigenvalue weighted by Gasteiger charge is -2.04. The number of nitrogens with two attached hydrogens (primary N) is 1. The van der Waals surface area contributed by atoms with E-state index >= 15 is 0 Å². The van der Waals surface area contributed by atoms with Gasteiger partial charge in [0.15, 0.2) is 0 Å². The van der Waals surface area contributed by atoms with E-state index in [0.717, 1.165) is 31.1 Å². The molecule has 0 heterocycles. The molecule has 0 aliphatic heterocycles. The van der Waals surface area contributed by atoms with E-state index in [1.807, 2.05) is 25.6 Å². The van der Waals surface area contributed by atoms with Crippen LogP contribution in [0.2, 0.25) is 0 Å². The van der Waals surface area contributed by atoms with Gasteiger partial charge in [0.05, 0.1) is 6.61 Å². The Bertz CT molecular complexity index is 78.5. The van der Waals surface area contributed by atoms with Crippen molar-refractivity contribution in [3.63, 3.8) is 0 Å². The highest BCUT2D eigenvalue weighted by molar-refractivity contribution is 7.99.